The summed E-state index contributed by atoms with van der Waals surface area (Å²) in [6.45, 7) is 4.03. The van der Waals surface area contributed by atoms with Crippen molar-refractivity contribution < 1.29 is 4.79 Å². The Hall–Kier alpha value is -1.91. The molecule has 2 aliphatic carbocycles. The van der Waals surface area contributed by atoms with E-state index in [9.17, 15) is 4.79 Å². The SMILES string of the molecule is Cc1[nH]c2ncnc(NC(=O)C3CC3C3CC3)c2c1C. The van der Waals surface area contributed by atoms with Crippen molar-refractivity contribution in [1.82, 2.24) is 15.0 Å². The van der Waals surface area contributed by atoms with E-state index in [1.54, 1.807) is 0 Å². The van der Waals surface area contributed by atoms with Gasteiger partial charge in [-0.3, -0.25) is 4.79 Å². The Labute approximate surface area is 117 Å². The van der Waals surface area contributed by atoms with Gasteiger partial charge in [0.1, 0.15) is 17.8 Å². The molecule has 2 N–H and O–H groups in total. The first-order chi connectivity index (χ1) is 9.65. The van der Waals surface area contributed by atoms with Crippen molar-refractivity contribution in [3.8, 4) is 0 Å². The first kappa shape index (κ1) is 11.9. The molecule has 0 saturated heterocycles. The van der Waals surface area contributed by atoms with Crippen molar-refractivity contribution >= 4 is 22.8 Å². The van der Waals surface area contributed by atoms with Crippen LogP contribution < -0.4 is 5.32 Å². The third kappa shape index (κ3) is 1.80. The maximum atomic E-state index is 12.3. The molecule has 0 aliphatic heterocycles. The summed E-state index contributed by atoms with van der Waals surface area (Å²) in [5, 5.41) is 3.94. The first-order valence-electron chi connectivity index (χ1n) is 7.26. The molecular formula is C15H18N4O. The summed E-state index contributed by atoms with van der Waals surface area (Å²) >= 11 is 0. The third-order valence-corrected chi connectivity index (χ3v) is 4.74. The van der Waals surface area contributed by atoms with Gasteiger partial charge in [0.15, 0.2) is 0 Å². The minimum atomic E-state index is 0.125. The molecular weight excluding hydrogens is 252 g/mol. The maximum absolute atomic E-state index is 12.3. The van der Waals surface area contributed by atoms with Crippen LogP contribution in [0.5, 0.6) is 0 Å². The van der Waals surface area contributed by atoms with Crippen molar-refractivity contribution in [1.29, 1.82) is 0 Å². The molecule has 2 heterocycles. The number of nitrogens with one attached hydrogen (secondary N) is 2. The van der Waals surface area contributed by atoms with Crippen molar-refractivity contribution in [2.24, 2.45) is 17.8 Å². The molecule has 0 aromatic carbocycles. The normalized spacial score (nSPS) is 24.9. The number of rotatable bonds is 3. The van der Waals surface area contributed by atoms with Crippen LogP contribution in [0.3, 0.4) is 0 Å². The Morgan fingerprint density at radius 2 is 2.15 bits per heavy atom. The zero-order valence-corrected chi connectivity index (χ0v) is 11.7. The molecule has 0 radical (unpaired) electrons. The second-order valence-electron chi connectivity index (χ2n) is 6.15. The second kappa shape index (κ2) is 4.04. The summed E-state index contributed by atoms with van der Waals surface area (Å²) in [6, 6.07) is 0. The molecule has 104 valence electrons. The van der Waals surface area contributed by atoms with E-state index >= 15 is 0 Å². The summed E-state index contributed by atoms with van der Waals surface area (Å²) in [6.07, 6.45) is 5.17. The first-order valence-corrected chi connectivity index (χ1v) is 7.26. The molecule has 5 nitrogen and oxygen atoms in total. The zero-order chi connectivity index (χ0) is 13.9. The van der Waals surface area contributed by atoms with Crippen LogP contribution >= 0.6 is 0 Å². The van der Waals surface area contributed by atoms with E-state index in [0.29, 0.717) is 11.7 Å². The molecule has 0 spiro atoms. The molecule has 2 atom stereocenters. The number of amides is 1. The van der Waals surface area contributed by atoms with Gasteiger partial charge in [0, 0.05) is 11.6 Å². The fraction of sp³-hybridized carbons (Fsp3) is 0.533. The number of carbonyl (C=O) groups is 1. The average molecular weight is 270 g/mol. The number of H-pyrrole nitrogens is 1. The molecule has 5 heteroatoms. The molecule has 2 aromatic heterocycles. The van der Waals surface area contributed by atoms with E-state index in [1.165, 1.54) is 19.2 Å². The van der Waals surface area contributed by atoms with Crippen molar-refractivity contribution in [3.63, 3.8) is 0 Å². The van der Waals surface area contributed by atoms with Crippen LogP contribution in [0, 0.1) is 31.6 Å². The minimum Gasteiger partial charge on any atom is -0.343 e. The molecule has 0 bridgehead atoms. The highest BCUT2D eigenvalue weighted by Gasteiger charge is 2.51. The van der Waals surface area contributed by atoms with Crippen LogP contribution in [0.25, 0.3) is 11.0 Å². The lowest BCUT2D eigenvalue weighted by molar-refractivity contribution is -0.117. The van der Waals surface area contributed by atoms with Gasteiger partial charge < -0.3 is 10.3 Å². The summed E-state index contributed by atoms with van der Waals surface area (Å²) in [4.78, 5) is 24.0. The maximum Gasteiger partial charge on any atom is 0.228 e. The number of anilines is 1. The minimum absolute atomic E-state index is 0.125. The van der Waals surface area contributed by atoms with Gasteiger partial charge in [-0.15, -0.1) is 0 Å². The molecule has 1 amide bonds. The highest BCUT2D eigenvalue weighted by molar-refractivity contribution is 6.01. The highest BCUT2D eigenvalue weighted by Crippen LogP contribution is 2.54. The quantitative estimate of drug-likeness (QED) is 0.900. The van der Waals surface area contributed by atoms with Crippen LogP contribution in [-0.4, -0.2) is 20.9 Å². The Balaban J connectivity index is 1.60. The van der Waals surface area contributed by atoms with Gasteiger partial charge >= 0.3 is 0 Å². The van der Waals surface area contributed by atoms with Crippen LogP contribution in [0.1, 0.15) is 30.5 Å². The molecule has 20 heavy (non-hydrogen) atoms. The number of hydrogen-bond acceptors (Lipinski definition) is 3. The largest absolute Gasteiger partial charge is 0.343 e. The number of aryl methyl sites for hydroxylation is 2. The summed E-state index contributed by atoms with van der Waals surface area (Å²) in [5.74, 6) is 2.41. The fourth-order valence-corrected chi connectivity index (χ4v) is 3.16. The van der Waals surface area contributed by atoms with E-state index in [2.05, 4.69) is 20.3 Å². The van der Waals surface area contributed by atoms with Gasteiger partial charge in [-0.1, -0.05) is 0 Å². The van der Waals surface area contributed by atoms with E-state index < -0.39 is 0 Å². The van der Waals surface area contributed by atoms with Gasteiger partial charge in [0.2, 0.25) is 5.91 Å². The highest BCUT2D eigenvalue weighted by atomic mass is 16.2. The predicted molar refractivity (Wildman–Crippen MR) is 76.3 cm³/mol. The van der Waals surface area contributed by atoms with E-state index in [0.717, 1.165) is 34.6 Å². The smallest absolute Gasteiger partial charge is 0.228 e. The number of nitrogens with zero attached hydrogens (tertiary/aromatic N) is 2. The molecule has 2 aliphatic rings. The Morgan fingerprint density at radius 3 is 2.90 bits per heavy atom. The second-order valence-corrected chi connectivity index (χ2v) is 6.15. The van der Waals surface area contributed by atoms with E-state index in [-0.39, 0.29) is 11.8 Å². The van der Waals surface area contributed by atoms with Crippen molar-refractivity contribution in [2.45, 2.75) is 33.1 Å². The topological polar surface area (TPSA) is 70.7 Å². The molecule has 2 unspecified atom stereocenters. The summed E-state index contributed by atoms with van der Waals surface area (Å²) in [5.41, 5.74) is 2.96. The fourth-order valence-electron chi connectivity index (χ4n) is 3.16. The number of aromatic nitrogens is 3. The lowest BCUT2D eigenvalue weighted by Crippen LogP contribution is -2.16. The van der Waals surface area contributed by atoms with Gasteiger partial charge in [-0.2, -0.15) is 0 Å². The standard InChI is InChI=1S/C15H18N4O/c1-7-8(2)18-13-12(7)14(17-6-16-13)19-15(20)11-5-10(11)9-3-4-9/h6,9-11H,3-5H2,1-2H3,(H2,16,17,18,19,20). The molecule has 2 aromatic rings. The number of aromatic amines is 1. The Kier molecular flexibility index (Phi) is 2.40. The van der Waals surface area contributed by atoms with Crippen LogP contribution in [-0.2, 0) is 4.79 Å². The lowest BCUT2D eigenvalue weighted by atomic mass is 10.2. The third-order valence-electron chi connectivity index (χ3n) is 4.74. The summed E-state index contributed by atoms with van der Waals surface area (Å²) < 4.78 is 0. The zero-order valence-electron chi connectivity index (χ0n) is 11.7. The van der Waals surface area contributed by atoms with Crippen LogP contribution in [0.4, 0.5) is 5.82 Å². The van der Waals surface area contributed by atoms with Gasteiger partial charge in [0.25, 0.3) is 0 Å². The van der Waals surface area contributed by atoms with Crippen molar-refractivity contribution in [3.05, 3.63) is 17.6 Å². The Bertz CT molecular complexity index is 701. The van der Waals surface area contributed by atoms with Crippen molar-refractivity contribution in [2.75, 3.05) is 5.32 Å². The number of hydrogen-bond donors (Lipinski definition) is 2. The number of carbonyl (C=O) groups excluding carboxylic acids is 1. The van der Waals surface area contributed by atoms with Gasteiger partial charge in [-0.05, 0) is 50.5 Å². The van der Waals surface area contributed by atoms with Gasteiger partial charge in [-0.25, -0.2) is 9.97 Å². The lowest BCUT2D eigenvalue weighted by Gasteiger charge is -2.05. The van der Waals surface area contributed by atoms with Gasteiger partial charge in [0.05, 0.1) is 5.39 Å². The van der Waals surface area contributed by atoms with Crippen LogP contribution in [0.2, 0.25) is 0 Å². The predicted octanol–water partition coefficient (Wildman–Crippen LogP) is 2.56. The monoisotopic (exact) mass is 270 g/mol. The number of fused-ring (bicyclic) bond motifs is 1. The average Bonchev–Trinajstić information content (AvgIpc) is 3.29. The van der Waals surface area contributed by atoms with E-state index in [4.69, 9.17) is 0 Å². The molecule has 2 fully saturated rings. The molecule has 4 rings (SSSR count). The molecule has 2 saturated carbocycles. The van der Waals surface area contributed by atoms with E-state index in [1.807, 2.05) is 13.8 Å². The summed E-state index contributed by atoms with van der Waals surface area (Å²) in [7, 11) is 0. The van der Waals surface area contributed by atoms with Crippen LogP contribution in [0.15, 0.2) is 6.33 Å². The Morgan fingerprint density at radius 1 is 1.35 bits per heavy atom.